The Kier molecular flexibility index (Phi) is 38.8. The van der Waals surface area contributed by atoms with Crippen LogP contribution < -0.4 is 92.1 Å². The van der Waals surface area contributed by atoms with E-state index in [4.69, 9.17) is 22.9 Å². The zero-order chi connectivity index (χ0) is 74.8. The summed E-state index contributed by atoms with van der Waals surface area (Å²) in [7, 11) is 0. The highest BCUT2D eigenvalue weighted by molar-refractivity contribution is 6.01. The number of nitrogens with zero attached hydrogens (tertiary/aromatic N) is 1. The highest BCUT2D eigenvalue weighted by Gasteiger charge is 2.43. The van der Waals surface area contributed by atoms with Gasteiger partial charge in [0.15, 0.2) is 0 Å². The van der Waals surface area contributed by atoms with Gasteiger partial charge in [-0.2, -0.15) is 0 Å². The smallest absolute Gasteiger partial charge is 0.326 e. The fourth-order valence-electron chi connectivity index (χ4n) is 9.40. The van der Waals surface area contributed by atoms with Crippen LogP contribution in [-0.4, -0.2) is 262 Å². The fraction of sp³-hybridized carbons (Fsp3) is 0.707. The molecule has 0 radical (unpaired) electrons. The zero-order valence-electron chi connectivity index (χ0n) is 56.2. The number of nitrogens with two attached hydrogens (primary N) is 4. The molecule has 26 N–H and O–H groups in total. The first-order chi connectivity index (χ1) is 46.0. The number of aliphatic carboxylic acids is 1. The zero-order valence-corrected chi connectivity index (χ0v) is 56.2. The molecule has 40 heteroatoms. The van der Waals surface area contributed by atoms with E-state index in [1.54, 1.807) is 27.7 Å². The highest BCUT2D eigenvalue weighted by Crippen LogP contribution is 2.23. The van der Waals surface area contributed by atoms with Gasteiger partial charge in [0, 0.05) is 13.0 Å². The number of hydrogen-bond donors (Lipinski definition) is 22. The van der Waals surface area contributed by atoms with Crippen molar-refractivity contribution < 1.29 is 107 Å². The molecule has 1 aliphatic rings. The van der Waals surface area contributed by atoms with Crippen LogP contribution in [-0.2, 0) is 81.5 Å². The standard InChI is InChI=1S/C58H100N18O22/c1-9-26(3)43(73-50(89)34(20-40(62)82)69-49(88)32(16-17-39(61)81)67-51(90)35(23-77)70-47(86)29(6)64-41(83)21-60)56(95)74-44(27(4)10-2)57(96)76-19-13-15-38(76)54(93)72-36(24-78)52(91)71-37(25-79)53(92)75-45(31(8)80)55(94)63-22-42(84)65-28(5)46(85)66-30(7)48(87)68-33(58(97)98)14-11-12-18-59/h26-38,43-45,77-80H,9-25,59-60H2,1-8H3,(H2,61,81)(H2,62,82)(H,63,94)(H,64,83)(H,65,84)(H,66,85)(H,67,90)(H,68,87)(H,69,88)(H,70,86)(H,71,91)(H,72,93)(H,73,89)(H,74,95)(H,75,92)(H,97,98)/t26-,27-,28-,29-,30-,31+,32-,33-,34-,35-,36-,37-,38-,43-,44-,45-/m0/s1. The lowest BCUT2D eigenvalue weighted by molar-refractivity contribution is -0.144. The molecule has 0 saturated carbocycles. The van der Waals surface area contributed by atoms with Crippen molar-refractivity contribution in [3.8, 4) is 0 Å². The number of likely N-dealkylation sites (tertiary alicyclic amines) is 1. The minimum Gasteiger partial charge on any atom is -0.480 e. The molecule has 1 fully saturated rings. The number of hydrogen-bond acceptors (Lipinski definition) is 23. The Morgan fingerprint density at radius 2 is 0.908 bits per heavy atom. The number of unbranched alkanes of at least 4 members (excludes halogenated alkanes) is 1. The van der Waals surface area contributed by atoms with E-state index in [0.717, 1.165) is 11.8 Å². The molecule has 0 aromatic heterocycles. The van der Waals surface area contributed by atoms with E-state index in [0.29, 0.717) is 19.4 Å². The predicted molar refractivity (Wildman–Crippen MR) is 342 cm³/mol. The molecule has 40 nitrogen and oxygen atoms in total. The first kappa shape index (κ1) is 86.8. The number of nitrogens with one attached hydrogen (secondary N) is 13. The maximum absolute atomic E-state index is 14.6. The molecule has 1 heterocycles. The summed E-state index contributed by atoms with van der Waals surface area (Å²) in [5.74, 6) is -19.1. The number of carbonyl (C=O) groups excluding carboxylic acids is 16. The fourth-order valence-corrected chi connectivity index (χ4v) is 9.40. The number of carboxylic acids is 1. The van der Waals surface area contributed by atoms with Gasteiger partial charge in [-0.1, -0.05) is 40.5 Å². The van der Waals surface area contributed by atoms with E-state index >= 15 is 0 Å². The summed E-state index contributed by atoms with van der Waals surface area (Å²) < 4.78 is 0. The van der Waals surface area contributed by atoms with E-state index in [9.17, 15) is 107 Å². The lowest BCUT2D eigenvalue weighted by Crippen LogP contribution is -2.62. The van der Waals surface area contributed by atoms with Crippen LogP contribution in [0.3, 0.4) is 0 Å². The molecule has 0 aliphatic carbocycles. The second-order valence-electron chi connectivity index (χ2n) is 23.6. The molecule has 1 aliphatic heterocycles. The van der Waals surface area contributed by atoms with Gasteiger partial charge < -0.3 is 122 Å². The Morgan fingerprint density at radius 1 is 0.469 bits per heavy atom. The predicted octanol–water partition coefficient (Wildman–Crippen LogP) is -11.3. The quantitative estimate of drug-likeness (QED) is 0.0252. The SMILES string of the molecule is CC[C@H](C)[C@H](NC(=O)[C@H](CC(N)=O)NC(=O)[C@H](CCC(N)=O)NC(=O)[C@H](CO)NC(=O)[C@H](C)NC(=O)CN)C(=O)N[C@H](C(=O)N1CCC[C@H]1C(=O)N[C@@H](CO)C(=O)N[C@@H](CO)C(=O)N[C@H](C(=O)NCC(=O)N[C@@H](C)C(=O)N[C@@H](C)C(=O)N[C@@H](CCCCN)C(=O)O)[C@@H](C)O)[C@@H](C)CC. The van der Waals surface area contributed by atoms with Crippen LogP contribution in [0.25, 0.3) is 0 Å². The van der Waals surface area contributed by atoms with Gasteiger partial charge in [-0.05, 0) is 84.6 Å². The number of amides is 16. The first-order valence-electron chi connectivity index (χ1n) is 31.9. The van der Waals surface area contributed by atoms with Crippen LogP contribution in [0.2, 0.25) is 0 Å². The van der Waals surface area contributed by atoms with E-state index < -0.39 is 249 Å². The van der Waals surface area contributed by atoms with Crippen molar-refractivity contribution in [1.29, 1.82) is 0 Å². The van der Waals surface area contributed by atoms with E-state index in [1.165, 1.54) is 20.8 Å². The van der Waals surface area contributed by atoms with Gasteiger partial charge in [0.05, 0.1) is 45.4 Å². The van der Waals surface area contributed by atoms with Gasteiger partial charge in [0.25, 0.3) is 0 Å². The van der Waals surface area contributed by atoms with Gasteiger partial charge in [-0.3, -0.25) is 76.7 Å². The third-order valence-corrected chi connectivity index (χ3v) is 15.7. The van der Waals surface area contributed by atoms with E-state index in [-0.39, 0.29) is 38.6 Å². The molecular weight excluding hydrogens is 1300 g/mol. The average molecular weight is 1400 g/mol. The Balaban J connectivity index is 3.24. The molecule has 1 rings (SSSR count). The molecule has 98 heavy (non-hydrogen) atoms. The maximum atomic E-state index is 14.6. The van der Waals surface area contributed by atoms with Crippen molar-refractivity contribution in [2.24, 2.45) is 34.8 Å². The number of aliphatic hydroxyl groups excluding tert-OH is 4. The molecule has 554 valence electrons. The number of carbonyl (C=O) groups is 17. The minimum absolute atomic E-state index is 0.00694. The third-order valence-electron chi connectivity index (χ3n) is 15.7. The van der Waals surface area contributed by atoms with Gasteiger partial charge in [0.1, 0.15) is 78.5 Å². The van der Waals surface area contributed by atoms with E-state index in [1.807, 2.05) is 0 Å². The number of aliphatic hydroxyl groups is 4. The molecule has 0 unspecified atom stereocenters. The molecule has 16 amide bonds. The summed E-state index contributed by atoms with van der Waals surface area (Å²) in [5, 5.41) is 80.0. The van der Waals surface area contributed by atoms with Crippen LogP contribution in [0.5, 0.6) is 0 Å². The molecule has 16 atom stereocenters. The van der Waals surface area contributed by atoms with Crippen molar-refractivity contribution in [2.45, 2.75) is 204 Å². The second kappa shape index (κ2) is 43.8. The highest BCUT2D eigenvalue weighted by atomic mass is 16.4. The first-order valence-corrected chi connectivity index (χ1v) is 31.9. The summed E-state index contributed by atoms with van der Waals surface area (Å²) in [6.07, 6.45) is -2.00. The topological polar surface area (TPSA) is 655 Å². The average Bonchev–Trinajstić information content (AvgIpc) is 1.79. The molecule has 1 saturated heterocycles. The summed E-state index contributed by atoms with van der Waals surface area (Å²) in [5.41, 5.74) is 21.5. The van der Waals surface area contributed by atoms with Crippen molar-refractivity contribution in [3.05, 3.63) is 0 Å². The number of rotatable bonds is 45. The minimum atomic E-state index is -1.92. The summed E-state index contributed by atoms with van der Waals surface area (Å²) in [6, 6.07) is -20.3. The summed E-state index contributed by atoms with van der Waals surface area (Å²) in [4.78, 5) is 224. The number of primary amides is 2. The monoisotopic (exact) mass is 1400 g/mol. The maximum Gasteiger partial charge on any atom is 0.326 e. The lowest BCUT2D eigenvalue weighted by Gasteiger charge is -2.34. The van der Waals surface area contributed by atoms with Gasteiger partial charge >= 0.3 is 5.97 Å². The Labute approximate surface area is 565 Å². The third kappa shape index (κ3) is 29.2. The Morgan fingerprint density at radius 3 is 1.41 bits per heavy atom. The van der Waals surface area contributed by atoms with Crippen LogP contribution in [0.4, 0.5) is 0 Å². The van der Waals surface area contributed by atoms with Crippen LogP contribution in [0.15, 0.2) is 0 Å². The molecule has 0 spiro atoms. The van der Waals surface area contributed by atoms with Crippen LogP contribution in [0, 0.1) is 11.8 Å². The molecule has 0 aromatic carbocycles. The van der Waals surface area contributed by atoms with Crippen molar-refractivity contribution >= 4 is 100 Å². The Hall–Kier alpha value is -9.25. The molecule has 0 bridgehead atoms. The van der Waals surface area contributed by atoms with E-state index in [2.05, 4.69) is 69.1 Å². The van der Waals surface area contributed by atoms with Crippen molar-refractivity contribution in [2.75, 3.05) is 46.0 Å². The lowest BCUT2D eigenvalue weighted by atomic mass is 9.94. The van der Waals surface area contributed by atoms with Crippen LogP contribution >= 0.6 is 0 Å². The number of carboxylic acid groups (broad SMARTS) is 1. The molecule has 0 aromatic rings. The van der Waals surface area contributed by atoms with Gasteiger partial charge in [-0.25, -0.2) is 4.79 Å². The van der Waals surface area contributed by atoms with Crippen molar-refractivity contribution in [1.82, 2.24) is 74.0 Å². The van der Waals surface area contributed by atoms with Gasteiger partial charge in [-0.15, -0.1) is 0 Å². The summed E-state index contributed by atoms with van der Waals surface area (Å²) in [6.45, 7) is 6.92. The normalized spacial score (nSPS) is 17.2. The van der Waals surface area contributed by atoms with Gasteiger partial charge in [0.2, 0.25) is 94.5 Å². The van der Waals surface area contributed by atoms with Crippen molar-refractivity contribution in [3.63, 3.8) is 0 Å². The Bertz CT molecular complexity index is 2820. The summed E-state index contributed by atoms with van der Waals surface area (Å²) >= 11 is 0. The second-order valence-corrected chi connectivity index (χ2v) is 23.6. The largest absolute Gasteiger partial charge is 0.480 e. The van der Waals surface area contributed by atoms with Crippen LogP contribution in [0.1, 0.15) is 120 Å². The molecular formula is C58H100N18O22.